The van der Waals surface area contributed by atoms with Gasteiger partial charge in [0.05, 0.1) is 33.5 Å². The Morgan fingerprint density at radius 2 is 1.76 bits per heavy atom. The zero-order chi connectivity index (χ0) is 21.3. The van der Waals surface area contributed by atoms with E-state index in [4.69, 9.17) is 18.9 Å². The van der Waals surface area contributed by atoms with Crippen molar-refractivity contribution in [2.45, 2.75) is 43.2 Å². The molecule has 5 N–H and O–H groups in total. The number of methoxy groups -OCH3 is 2. The number of nitrogens with zero attached hydrogens (tertiary/aromatic N) is 1. The van der Waals surface area contributed by atoms with Gasteiger partial charge in [0.2, 0.25) is 12.0 Å². The van der Waals surface area contributed by atoms with Crippen molar-refractivity contribution >= 4 is 0 Å². The first-order valence-corrected chi connectivity index (χ1v) is 9.43. The summed E-state index contributed by atoms with van der Waals surface area (Å²) in [6.45, 7) is -0.0211. The van der Waals surface area contributed by atoms with Gasteiger partial charge in [-0.15, -0.1) is 0 Å². The lowest BCUT2D eigenvalue weighted by Crippen LogP contribution is -2.60. The molecule has 0 radical (unpaired) electrons. The molecule has 10 heteroatoms. The minimum atomic E-state index is -1.56. The van der Waals surface area contributed by atoms with Crippen LogP contribution >= 0.6 is 0 Å². The summed E-state index contributed by atoms with van der Waals surface area (Å²) >= 11 is 0. The highest BCUT2D eigenvalue weighted by molar-refractivity contribution is 5.60. The molecule has 29 heavy (non-hydrogen) atoms. The normalized spacial score (nSPS) is 32.6. The standard InChI is InChI=1S/C19H29NO9/c1-20-5-4-9-10(11(20)7-21)6-12(26-2)18(27-3)17(9)29-19-16(25)15(24)14(23)13(8-22)28-19/h6,11,13-16,19,21-25H,4-5,7-8H2,1-3H3/t11-,13+,14-,15+,16+,19-/m1/s1. The summed E-state index contributed by atoms with van der Waals surface area (Å²) in [5.41, 5.74) is 1.55. The number of fused-ring (bicyclic) bond motifs is 1. The van der Waals surface area contributed by atoms with Gasteiger partial charge < -0.3 is 44.5 Å². The molecule has 10 nitrogen and oxygen atoms in total. The Morgan fingerprint density at radius 1 is 1.03 bits per heavy atom. The van der Waals surface area contributed by atoms with E-state index in [0.29, 0.717) is 18.7 Å². The molecule has 0 amide bonds. The van der Waals surface area contributed by atoms with Crippen LogP contribution in [-0.4, -0.2) is 102 Å². The molecule has 2 heterocycles. The lowest BCUT2D eigenvalue weighted by atomic mass is 9.91. The van der Waals surface area contributed by atoms with Crippen molar-refractivity contribution in [1.82, 2.24) is 4.90 Å². The maximum absolute atomic E-state index is 10.4. The summed E-state index contributed by atoms with van der Waals surface area (Å²) in [6, 6.07) is 1.50. The van der Waals surface area contributed by atoms with Gasteiger partial charge in [-0.3, -0.25) is 4.90 Å². The Balaban J connectivity index is 2.05. The van der Waals surface area contributed by atoms with Crippen LogP contribution in [0.1, 0.15) is 17.2 Å². The number of aliphatic hydroxyl groups excluding tert-OH is 5. The zero-order valence-corrected chi connectivity index (χ0v) is 16.7. The molecule has 1 fully saturated rings. The number of likely N-dealkylation sites (N-methyl/N-ethyl adjacent to an activating group) is 1. The van der Waals surface area contributed by atoms with E-state index in [1.54, 1.807) is 6.07 Å². The van der Waals surface area contributed by atoms with Crippen LogP contribution < -0.4 is 14.2 Å². The fourth-order valence-corrected chi connectivity index (χ4v) is 3.90. The molecular formula is C19H29NO9. The van der Waals surface area contributed by atoms with Gasteiger partial charge in [-0.05, 0) is 25.1 Å². The van der Waals surface area contributed by atoms with Gasteiger partial charge in [-0.1, -0.05) is 0 Å². The predicted molar refractivity (Wildman–Crippen MR) is 100 cm³/mol. The van der Waals surface area contributed by atoms with Crippen molar-refractivity contribution < 1.29 is 44.5 Å². The van der Waals surface area contributed by atoms with E-state index in [-0.39, 0.29) is 24.1 Å². The van der Waals surface area contributed by atoms with Crippen LogP contribution in [0.25, 0.3) is 0 Å². The molecular weight excluding hydrogens is 386 g/mol. The Bertz CT molecular complexity index is 713. The van der Waals surface area contributed by atoms with Crippen LogP contribution in [0.2, 0.25) is 0 Å². The second-order valence-corrected chi connectivity index (χ2v) is 7.25. The van der Waals surface area contributed by atoms with Crippen molar-refractivity contribution in [3.05, 3.63) is 17.2 Å². The van der Waals surface area contributed by atoms with Crippen molar-refractivity contribution in [2.24, 2.45) is 0 Å². The van der Waals surface area contributed by atoms with Gasteiger partial charge in [-0.25, -0.2) is 0 Å². The van der Waals surface area contributed by atoms with Gasteiger partial charge >= 0.3 is 0 Å². The quantitative estimate of drug-likeness (QED) is 0.369. The molecule has 0 spiro atoms. The highest BCUT2D eigenvalue weighted by Gasteiger charge is 2.45. The smallest absolute Gasteiger partial charge is 0.229 e. The van der Waals surface area contributed by atoms with Crippen LogP contribution in [0.15, 0.2) is 6.07 Å². The third-order valence-corrected chi connectivity index (χ3v) is 5.62. The molecule has 2 aliphatic heterocycles. The van der Waals surface area contributed by atoms with Crippen molar-refractivity contribution in [3.8, 4) is 17.2 Å². The first-order valence-electron chi connectivity index (χ1n) is 9.43. The van der Waals surface area contributed by atoms with E-state index in [0.717, 1.165) is 11.1 Å². The van der Waals surface area contributed by atoms with E-state index >= 15 is 0 Å². The molecule has 1 saturated heterocycles. The lowest BCUT2D eigenvalue weighted by molar-refractivity contribution is -0.277. The summed E-state index contributed by atoms with van der Waals surface area (Å²) in [5, 5.41) is 49.7. The number of hydrogen-bond acceptors (Lipinski definition) is 10. The van der Waals surface area contributed by atoms with Gasteiger partial charge in [-0.2, -0.15) is 0 Å². The van der Waals surface area contributed by atoms with E-state index in [2.05, 4.69) is 0 Å². The van der Waals surface area contributed by atoms with Crippen LogP contribution in [-0.2, 0) is 11.2 Å². The Morgan fingerprint density at radius 3 is 2.34 bits per heavy atom. The predicted octanol–water partition coefficient (Wildman–Crippen LogP) is -1.60. The summed E-state index contributed by atoms with van der Waals surface area (Å²) in [4.78, 5) is 2.01. The van der Waals surface area contributed by atoms with Crippen molar-refractivity contribution in [1.29, 1.82) is 0 Å². The van der Waals surface area contributed by atoms with E-state index in [1.165, 1.54) is 14.2 Å². The summed E-state index contributed by atoms with van der Waals surface area (Å²) < 4.78 is 22.3. The number of rotatable bonds is 6. The zero-order valence-electron chi connectivity index (χ0n) is 16.7. The lowest BCUT2D eigenvalue weighted by Gasteiger charge is -2.41. The Kier molecular flexibility index (Phi) is 6.84. The molecule has 1 aromatic rings. The maximum Gasteiger partial charge on any atom is 0.229 e. The second kappa shape index (κ2) is 9.00. The third kappa shape index (κ3) is 3.89. The first kappa shape index (κ1) is 22.0. The molecule has 0 aromatic heterocycles. The highest BCUT2D eigenvalue weighted by atomic mass is 16.7. The molecule has 0 bridgehead atoms. The topological polar surface area (TPSA) is 141 Å². The SMILES string of the molecule is COc1cc2c(c(O[C@H]3O[C@@H](CO)[C@@H](O)[C@H](O)[C@@H]3O)c1OC)CCN(C)[C@@H]2CO. The molecule has 0 unspecified atom stereocenters. The van der Waals surface area contributed by atoms with Crippen LogP contribution in [0.5, 0.6) is 17.2 Å². The first-order chi connectivity index (χ1) is 13.9. The highest BCUT2D eigenvalue weighted by Crippen LogP contribution is 2.47. The van der Waals surface area contributed by atoms with Gasteiger partial charge in [0.15, 0.2) is 11.5 Å². The van der Waals surface area contributed by atoms with Crippen molar-refractivity contribution in [3.63, 3.8) is 0 Å². The summed E-state index contributed by atoms with van der Waals surface area (Å²) in [7, 11) is 4.82. The number of benzene rings is 1. The fourth-order valence-electron chi connectivity index (χ4n) is 3.90. The van der Waals surface area contributed by atoms with E-state index < -0.39 is 37.3 Å². The number of aliphatic hydroxyl groups is 5. The van der Waals surface area contributed by atoms with Gasteiger partial charge in [0.1, 0.15) is 24.4 Å². The Labute approximate surface area is 168 Å². The molecule has 3 rings (SSSR count). The van der Waals surface area contributed by atoms with Gasteiger partial charge in [0.25, 0.3) is 0 Å². The van der Waals surface area contributed by atoms with E-state index in [9.17, 15) is 25.5 Å². The molecule has 0 aliphatic carbocycles. The minimum Gasteiger partial charge on any atom is -0.493 e. The number of hydrogen-bond donors (Lipinski definition) is 5. The van der Waals surface area contributed by atoms with Crippen molar-refractivity contribution in [2.75, 3.05) is 41.0 Å². The molecule has 2 aliphatic rings. The average Bonchev–Trinajstić information content (AvgIpc) is 2.73. The molecule has 1 aromatic carbocycles. The van der Waals surface area contributed by atoms with Crippen LogP contribution in [0.3, 0.4) is 0 Å². The summed E-state index contributed by atoms with van der Waals surface area (Å²) in [5.74, 6) is 0.918. The number of ether oxygens (including phenoxy) is 4. The van der Waals surface area contributed by atoms with E-state index in [1.807, 2.05) is 11.9 Å². The minimum absolute atomic E-state index is 0.113. The fraction of sp³-hybridized carbons (Fsp3) is 0.684. The third-order valence-electron chi connectivity index (χ3n) is 5.62. The molecule has 6 atom stereocenters. The Hall–Kier alpha value is -1.66. The molecule has 164 valence electrons. The van der Waals surface area contributed by atoms with Crippen LogP contribution in [0, 0.1) is 0 Å². The second-order valence-electron chi connectivity index (χ2n) is 7.25. The van der Waals surface area contributed by atoms with Gasteiger partial charge in [0, 0.05) is 12.1 Å². The monoisotopic (exact) mass is 415 g/mol. The maximum atomic E-state index is 10.4. The molecule has 0 saturated carbocycles. The largest absolute Gasteiger partial charge is 0.493 e. The van der Waals surface area contributed by atoms with Crippen LogP contribution in [0.4, 0.5) is 0 Å². The average molecular weight is 415 g/mol. The summed E-state index contributed by atoms with van der Waals surface area (Å²) in [6.07, 6.45) is -6.47.